The summed E-state index contributed by atoms with van der Waals surface area (Å²) < 4.78 is 36.5. The van der Waals surface area contributed by atoms with Crippen molar-refractivity contribution in [3.05, 3.63) is 198 Å². The van der Waals surface area contributed by atoms with Crippen LogP contribution in [0.1, 0.15) is 73.7 Å². The number of carbonyl (C=O) groups excluding carboxylic acids is 2. The molecule has 0 saturated heterocycles. The molecule has 652 valence electrons. The number of hydrogen-bond acceptors (Lipinski definition) is 33. The Labute approximate surface area is 836 Å². The topological polar surface area (TPSA) is 442 Å². The van der Waals surface area contributed by atoms with Crippen LogP contribution in [0, 0.1) is 6.92 Å². The first kappa shape index (κ1) is 108. The number of likely N-dealkylation sites (N-methyl/N-ethyl adjacent to an activating group) is 3. The SMILES string of the molecule is CCCBr.CC[n+]1ccc(/C=C/c2ccc(N(C)CCO)c3nonc23)cc1.CC[n+]1ccc(/C=C/c2ccc(N(C)CC[I-]COOC)c3nonc23)cc1.CC[n+]1ccc(C)cc1.CI.CN(CCO)c1ccc(C=O)c2nonc12.CN(CCO)c1cccc2nonc12.CNc1cccc2nonc12.Nc1cccc2nonc12.O=CO[O-].[H-].[K+].[K+]. The first-order valence-electron chi connectivity index (χ1n) is 38.1. The Morgan fingerprint density at radius 1 is 0.492 bits per heavy atom. The van der Waals surface area contributed by atoms with Gasteiger partial charge in [-0.1, -0.05) is 81.9 Å². The van der Waals surface area contributed by atoms with Crippen molar-refractivity contribution in [2.45, 2.75) is 60.7 Å². The fourth-order valence-corrected chi connectivity index (χ4v) is 12.6. The monoisotopic (exact) mass is 2050 g/mol. The standard InChI is InChI=1S/C20H25IN4O3.C18H21N4O2.C10H11N3O3.C9H11N3O2.C8H12N.C7H7N3O.C6H5N3O.C3H7Br.CH3I.CH2O3.2K.H/c1-4-25-12-9-16(10-13-25)5-6-17-7-8-18(20-19(17)22-28-23-20)24(2)14-11-21-15-27-26-3;1-3-22-10-8-14(9-11-22)4-5-15-6-7-16(21(2)12-13-23)18-17(15)19-24-20-18;1-13(4-5-14)8-3-2-7(6-15)9-10(8)12-16-11-9;1-12(5-6-13)8-4-2-3-7-9(8)11-14-10-7;1-3-9-6-4-8(2)5-7-9;1-8-5-3-2-4-6-7(5)10-11-9-6;7-4-2-1-3-5-6(4)9-10-8-5;1-2-3-4;1-2;2-1-4-3;;;/h5-10,12-13H,4,11,14-15H2,1-3H3;4-11,23H,3,12-13H2,1-2H3;2-3,6,14H,4-5H2,1H3;2-4,13H,5-6H2,1H3;4-7H,3H2,1-2H3;2-4,8H,1H3;1-3H,7H2;2-3H2,1H3;1H3;1,3H;;;/q;+1;;;+1;;;;;;2*+1;-1/p-1. The number of aromatic nitrogens is 15. The Bertz CT molecular complexity index is 5550. The number of benzene rings is 6. The Morgan fingerprint density at radius 2 is 0.839 bits per heavy atom. The van der Waals surface area contributed by atoms with Crippen LogP contribution >= 0.6 is 38.5 Å². The van der Waals surface area contributed by atoms with E-state index >= 15 is 0 Å². The van der Waals surface area contributed by atoms with Crippen molar-refractivity contribution in [1.29, 1.82) is 0 Å². The van der Waals surface area contributed by atoms with Gasteiger partial charge in [0.15, 0.2) is 58.7 Å². The fourth-order valence-electron chi connectivity index (χ4n) is 10.8. The molecule has 9 heterocycles. The van der Waals surface area contributed by atoms with Gasteiger partial charge in [0.25, 0.3) is 6.47 Å². The predicted octanol–water partition coefficient (Wildman–Crippen LogP) is 1.78. The summed E-state index contributed by atoms with van der Waals surface area (Å²) in [7, 11) is 11.1. The molecule has 6 N–H and O–H groups in total. The van der Waals surface area contributed by atoms with Gasteiger partial charge in [-0.2, -0.15) is 0 Å². The van der Waals surface area contributed by atoms with Gasteiger partial charge in [0, 0.05) is 88.5 Å². The number of carbonyl (C=O) groups is 2. The van der Waals surface area contributed by atoms with Gasteiger partial charge in [-0.05, 0) is 156 Å². The van der Waals surface area contributed by atoms with E-state index in [4.69, 9.17) is 45.3 Å². The summed E-state index contributed by atoms with van der Waals surface area (Å²) in [4.78, 5) is 41.4. The van der Waals surface area contributed by atoms with Gasteiger partial charge in [-0.25, -0.2) is 36.8 Å². The predicted molar refractivity (Wildman–Crippen MR) is 474 cm³/mol. The van der Waals surface area contributed by atoms with E-state index in [2.05, 4.69) is 292 Å². The summed E-state index contributed by atoms with van der Waals surface area (Å²) in [6.07, 6.45) is 22.6. The van der Waals surface area contributed by atoms with Crippen molar-refractivity contribution in [2.75, 3.05) is 138 Å². The first-order valence-corrected chi connectivity index (χ1v) is 44.4. The third-order valence-corrected chi connectivity index (χ3v) is 20.1. The number of fused-ring (bicyclic) bond motifs is 6. The van der Waals surface area contributed by atoms with Gasteiger partial charge in [0.2, 0.25) is 0 Å². The van der Waals surface area contributed by atoms with Gasteiger partial charge < -0.3 is 52.6 Å². The molecule has 6 aromatic carbocycles. The zero-order chi connectivity index (χ0) is 88.4. The molecule has 0 aliphatic rings. The van der Waals surface area contributed by atoms with Crippen molar-refractivity contribution in [3.8, 4) is 0 Å². The molecule has 0 atom stereocenters. The number of rotatable bonds is 27. The van der Waals surface area contributed by atoms with E-state index in [1.165, 1.54) is 12.0 Å². The van der Waals surface area contributed by atoms with Crippen LogP contribution in [0.25, 0.3) is 90.5 Å². The molecule has 15 aromatic rings. The van der Waals surface area contributed by atoms with Crippen LogP contribution in [0.4, 0.5) is 34.1 Å². The van der Waals surface area contributed by atoms with E-state index in [1.807, 2.05) is 115 Å². The molecule has 0 amide bonds. The number of nitrogens with two attached hydrogens (primary N) is 1. The summed E-state index contributed by atoms with van der Waals surface area (Å²) in [5.41, 5.74) is 24.9. The number of nitrogens with zero attached hydrogens (tertiary/aromatic N) is 19. The summed E-state index contributed by atoms with van der Waals surface area (Å²) in [5.74, 6) is 0. The number of anilines is 6. The van der Waals surface area contributed by atoms with Crippen LogP contribution < -0.4 is 174 Å². The zero-order valence-corrected chi connectivity index (χ0v) is 84.0. The molecule has 36 nitrogen and oxygen atoms in total. The van der Waals surface area contributed by atoms with Gasteiger partial charge >= 0.3 is 260 Å². The van der Waals surface area contributed by atoms with Crippen molar-refractivity contribution < 1.29 is 212 Å². The number of aliphatic hydroxyl groups excluding tert-OH is 3. The maximum atomic E-state index is 10.8. The molecule has 9 aromatic heterocycles. The number of halogens is 3. The molecule has 41 heteroatoms. The van der Waals surface area contributed by atoms with E-state index in [-0.39, 0.29) is 152 Å². The summed E-state index contributed by atoms with van der Waals surface area (Å²) in [6, 6.07) is 40.7. The number of aryl methyl sites for hydroxylation is 4. The number of alkyl halides is 4. The molecule has 0 bridgehead atoms. The third-order valence-electron chi connectivity index (χ3n) is 17.4. The van der Waals surface area contributed by atoms with Crippen molar-refractivity contribution in [3.63, 3.8) is 0 Å². The summed E-state index contributed by atoms with van der Waals surface area (Å²) in [6.45, 7) is 16.1. The van der Waals surface area contributed by atoms with Gasteiger partial charge in [-0.3, -0.25) is 9.59 Å². The quantitative estimate of drug-likeness (QED) is 0.00564. The second-order valence-electron chi connectivity index (χ2n) is 25.4. The van der Waals surface area contributed by atoms with Crippen LogP contribution in [0.3, 0.4) is 0 Å². The van der Waals surface area contributed by atoms with Gasteiger partial charge in [-0.15, -0.1) is 0 Å². The van der Waals surface area contributed by atoms with E-state index in [0.29, 0.717) is 74.9 Å². The molecule has 0 saturated carbocycles. The molecular formula is C83H104BrI2K2N21O15+2. The Kier molecular flexibility index (Phi) is 53.8. The number of hydrogen-bond donors (Lipinski definition) is 5. The van der Waals surface area contributed by atoms with Crippen molar-refractivity contribution >= 4 is 176 Å². The summed E-state index contributed by atoms with van der Waals surface area (Å²) >= 11 is 5.35. The molecule has 0 aliphatic heterocycles. The van der Waals surface area contributed by atoms with E-state index in [1.54, 1.807) is 31.4 Å². The molecule has 0 fully saturated rings. The molecular weight excluding hydrogens is 1940 g/mol. The van der Waals surface area contributed by atoms with Crippen LogP contribution in [0.2, 0.25) is 0 Å². The fraction of sp³-hybridized carbons (Fsp3) is 0.313. The minimum absolute atomic E-state index is 0. The van der Waals surface area contributed by atoms with Crippen LogP contribution in [-0.2, 0) is 39.1 Å². The molecule has 124 heavy (non-hydrogen) atoms. The molecule has 0 aliphatic carbocycles. The second-order valence-corrected chi connectivity index (χ2v) is 29.0. The molecule has 0 spiro atoms. The van der Waals surface area contributed by atoms with Crippen LogP contribution in [-0.4, -0.2) is 198 Å². The number of nitrogens with one attached hydrogen (secondary N) is 1. The number of nitrogen functional groups attached to an aromatic ring is 1. The minimum Gasteiger partial charge on any atom is -1.00 e. The van der Waals surface area contributed by atoms with Crippen molar-refractivity contribution in [1.82, 2.24) is 61.9 Å². The summed E-state index contributed by atoms with van der Waals surface area (Å²) in [5, 5.41) is 85.3. The first-order chi connectivity index (χ1) is 59.5. The normalized spacial score (nSPS) is 10.3. The second kappa shape index (κ2) is 61.8. The third kappa shape index (κ3) is 34.4. The van der Waals surface area contributed by atoms with Crippen LogP contribution in [0.15, 0.2) is 192 Å². The number of aldehydes is 1. The van der Waals surface area contributed by atoms with Gasteiger partial charge in [0.1, 0.15) is 47.2 Å². The minimum atomic E-state index is -0.181. The zero-order valence-electron chi connectivity index (χ0n) is 72.9. The van der Waals surface area contributed by atoms with Gasteiger partial charge in [0.05, 0.1) is 48.3 Å². The van der Waals surface area contributed by atoms with E-state index < -0.39 is 0 Å². The average molecular weight is 2050 g/mol. The maximum absolute atomic E-state index is 10.8. The molecule has 0 radical (unpaired) electrons. The number of aliphatic hydroxyl groups is 3. The van der Waals surface area contributed by atoms with E-state index in [0.717, 1.165) is 120 Å². The Hall–Kier alpha value is -8.44. The van der Waals surface area contributed by atoms with Crippen LogP contribution in [0.5, 0.6) is 0 Å². The molecule has 0 unspecified atom stereocenters. The number of pyridine rings is 3. The Balaban J connectivity index is 0.000000379. The smallest absolute Gasteiger partial charge is 1.00 e. The van der Waals surface area contributed by atoms with Crippen molar-refractivity contribution in [2.24, 2.45) is 0 Å². The van der Waals surface area contributed by atoms with E-state index in [9.17, 15) is 4.79 Å². The molecule has 15 rings (SSSR count). The average Bonchev–Trinajstić information content (AvgIpc) is 1.80. The Morgan fingerprint density at radius 3 is 1.23 bits per heavy atom.